The summed E-state index contributed by atoms with van der Waals surface area (Å²) in [4.78, 5) is 16.9. The number of hydrogen-bond acceptors (Lipinski definition) is 7. The van der Waals surface area contributed by atoms with Gasteiger partial charge in [-0.1, -0.05) is 0 Å². The predicted molar refractivity (Wildman–Crippen MR) is 101 cm³/mol. The van der Waals surface area contributed by atoms with Crippen molar-refractivity contribution < 1.29 is 9.53 Å². The molecular weight excluding hydrogens is 364 g/mol. The van der Waals surface area contributed by atoms with Crippen LogP contribution in [0.25, 0.3) is 16.3 Å². The Labute approximate surface area is 158 Å². The van der Waals surface area contributed by atoms with Crippen LogP contribution in [0.4, 0.5) is 5.69 Å². The summed E-state index contributed by atoms with van der Waals surface area (Å²) in [5.74, 6) is 0.513. The molecule has 0 atom stereocenters. The van der Waals surface area contributed by atoms with Crippen LogP contribution in [0.3, 0.4) is 0 Å². The van der Waals surface area contributed by atoms with Crippen LogP contribution in [0, 0.1) is 0 Å². The molecule has 4 aromatic rings. The lowest BCUT2D eigenvalue weighted by Crippen LogP contribution is -2.12. The first-order valence-corrected chi connectivity index (χ1v) is 8.85. The number of methoxy groups -OCH3 is 1. The lowest BCUT2D eigenvalue weighted by Gasteiger charge is -2.04. The normalized spacial score (nSPS) is 10.6. The Balaban J connectivity index is 1.46. The summed E-state index contributed by atoms with van der Waals surface area (Å²) in [5, 5.41) is 16.4. The Morgan fingerprint density at radius 3 is 2.56 bits per heavy atom. The van der Waals surface area contributed by atoms with Crippen molar-refractivity contribution in [2.45, 2.75) is 0 Å². The Morgan fingerprint density at radius 2 is 1.89 bits per heavy atom. The van der Waals surface area contributed by atoms with E-state index in [1.807, 2.05) is 36.4 Å². The molecular formula is C18H14N6O2S. The highest BCUT2D eigenvalue weighted by molar-refractivity contribution is 7.13. The summed E-state index contributed by atoms with van der Waals surface area (Å²) >= 11 is 1.42. The minimum Gasteiger partial charge on any atom is -0.497 e. The number of carbonyl (C=O) groups is 1. The maximum Gasteiger partial charge on any atom is 0.275 e. The molecule has 27 heavy (non-hydrogen) atoms. The van der Waals surface area contributed by atoms with Crippen molar-refractivity contribution in [1.82, 2.24) is 25.2 Å². The summed E-state index contributed by atoms with van der Waals surface area (Å²) in [7, 11) is 1.62. The van der Waals surface area contributed by atoms with E-state index in [1.54, 1.807) is 24.6 Å². The van der Waals surface area contributed by atoms with E-state index >= 15 is 0 Å². The Morgan fingerprint density at radius 1 is 1.11 bits per heavy atom. The highest BCUT2D eigenvalue weighted by Gasteiger charge is 2.12. The van der Waals surface area contributed by atoms with Gasteiger partial charge < -0.3 is 10.1 Å². The largest absolute Gasteiger partial charge is 0.497 e. The lowest BCUT2D eigenvalue weighted by molar-refractivity contribution is 0.102. The summed E-state index contributed by atoms with van der Waals surface area (Å²) in [6.45, 7) is 0. The molecule has 9 heteroatoms. The number of benzene rings is 2. The Bertz CT molecular complexity index is 1040. The van der Waals surface area contributed by atoms with E-state index in [4.69, 9.17) is 4.74 Å². The number of thiazole rings is 1. The molecule has 0 aliphatic carbocycles. The van der Waals surface area contributed by atoms with Crippen LogP contribution in [0.15, 0.2) is 60.2 Å². The first-order chi connectivity index (χ1) is 13.2. The van der Waals surface area contributed by atoms with Crippen molar-refractivity contribution in [1.29, 1.82) is 0 Å². The summed E-state index contributed by atoms with van der Waals surface area (Å²) in [6, 6.07) is 14.8. The first-order valence-electron chi connectivity index (χ1n) is 7.97. The Hall–Kier alpha value is -3.59. The number of ether oxygens (including phenoxy) is 1. The molecule has 2 heterocycles. The number of tetrazole rings is 1. The highest BCUT2D eigenvalue weighted by atomic mass is 32.1. The minimum atomic E-state index is -0.263. The number of aromatic nitrogens is 5. The topological polar surface area (TPSA) is 94.8 Å². The van der Waals surface area contributed by atoms with E-state index in [1.165, 1.54) is 22.3 Å². The average molecular weight is 378 g/mol. The number of carbonyl (C=O) groups excluding carboxylic acids is 1. The fourth-order valence-electron chi connectivity index (χ4n) is 2.42. The summed E-state index contributed by atoms with van der Waals surface area (Å²) in [5.41, 5.74) is 2.77. The molecule has 0 saturated carbocycles. The van der Waals surface area contributed by atoms with Crippen LogP contribution >= 0.6 is 11.3 Å². The zero-order chi connectivity index (χ0) is 18.6. The second-order valence-electron chi connectivity index (χ2n) is 5.52. The maximum atomic E-state index is 12.4. The summed E-state index contributed by atoms with van der Waals surface area (Å²) in [6.07, 6.45) is 1.50. The summed E-state index contributed by atoms with van der Waals surface area (Å²) < 4.78 is 6.69. The van der Waals surface area contributed by atoms with Gasteiger partial charge in [0.15, 0.2) is 0 Å². The second-order valence-corrected chi connectivity index (χ2v) is 6.38. The number of nitrogens with zero attached hydrogens (tertiary/aromatic N) is 5. The number of hydrogen-bond donors (Lipinski definition) is 1. The quantitative estimate of drug-likeness (QED) is 0.574. The van der Waals surface area contributed by atoms with Gasteiger partial charge in [0.05, 0.1) is 12.8 Å². The van der Waals surface area contributed by atoms with Crippen molar-refractivity contribution in [2.75, 3.05) is 12.4 Å². The van der Waals surface area contributed by atoms with Crippen molar-refractivity contribution in [3.8, 4) is 22.0 Å². The van der Waals surface area contributed by atoms with Crippen LogP contribution in [0.5, 0.6) is 5.75 Å². The molecule has 0 radical (unpaired) electrons. The van der Waals surface area contributed by atoms with Crippen LogP contribution in [-0.2, 0) is 0 Å². The van der Waals surface area contributed by atoms with E-state index in [0.717, 1.165) is 22.0 Å². The Kier molecular flexibility index (Phi) is 4.58. The van der Waals surface area contributed by atoms with Gasteiger partial charge in [-0.05, 0) is 59.0 Å². The van der Waals surface area contributed by atoms with Gasteiger partial charge in [-0.15, -0.1) is 16.4 Å². The molecule has 134 valence electrons. The van der Waals surface area contributed by atoms with E-state index in [2.05, 4.69) is 25.8 Å². The molecule has 0 aliphatic rings. The van der Waals surface area contributed by atoms with Crippen molar-refractivity contribution >= 4 is 22.9 Å². The molecule has 0 fully saturated rings. The minimum absolute atomic E-state index is 0.263. The van der Waals surface area contributed by atoms with Gasteiger partial charge in [0.2, 0.25) is 0 Å². The zero-order valence-corrected chi connectivity index (χ0v) is 15.1. The average Bonchev–Trinajstić information content (AvgIpc) is 3.41. The molecule has 0 saturated heterocycles. The molecule has 2 aromatic carbocycles. The smallest absolute Gasteiger partial charge is 0.275 e. The molecule has 2 aromatic heterocycles. The predicted octanol–water partition coefficient (Wildman–Crippen LogP) is 3.05. The van der Waals surface area contributed by atoms with Crippen molar-refractivity contribution in [3.63, 3.8) is 0 Å². The lowest BCUT2D eigenvalue weighted by atomic mass is 10.2. The molecule has 0 bridgehead atoms. The van der Waals surface area contributed by atoms with E-state index in [0.29, 0.717) is 11.4 Å². The number of rotatable bonds is 5. The monoisotopic (exact) mass is 378 g/mol. The van der Waals surface area contributed by atoms with Crippen LogP contribution in [0.2, 0.25) is 0 Å². The standard InChI is InChI=1S/C18H14N6O2S/c1-26-15-8-2-12(3-9-15)18-21-16(10-27-18)17(25)20-13-4-6-14(7-5-13)24-11-19-22-23-24/h2-11H,1H3,(H,20,25). The molecule has 0 unspecified atom stereocenters. The third-order valence-corrected chi connectivity index (χ3v) is 4.70. The molecule has 8 nitrogen and oxygen atoms in total. The van der Waals surface area contributed by atoms with Gasteiger partial charge in [0.25, 0.3) is 5.91 Å². The maximum absolute atomic E-state index is 12.4. The van der Waals surface area contributed by atoms with Gasteiger partial charge in [0.1, 0.15) is 22.8 Å². The number of amides is 1. The van der Waals surface area contributed by atoms with Crippen LogP contribution < -0.4 is 10.1 Å². The SMILES string of the molecule is COc1ccc(-c2nc(C(=O)Nc3ccc(-n4cnnn4)cc3)cs2)cc1. The molecule has 1 N–H and O–H groups in total. The molecule has 0 aliphatic heterocycles. The van der Waals surface area contributed by atoms with Gasteiger partial charge in [-0.2, -0.15) is 0 Å². The third-order valence-electron chi connectivity index (χ3n) is 3.81. The van der Waals surface area contributed by atoms with E-state index in [9.17, 15) is 4.79 Å². The zero-order valence-electron chi connectivity index (χ0n) is 14.2. The number of anilines is 1. The van der Waals surface area contributed by atoms with Gasteiger partial charge in [-0.3, -0.25) is 4.79 Å². The second kappa shape index (κ2) is 7.34. The third kappa shape index (κ3) is 3.67. The van der Waals surface area contributed by atoms with E-state index in [-0.39, 0.29) is 5.91 Å². The number of nitrogens with one attached hydrogen (secondary N) is 1. The molecule has 4 rings (SSSR count). The first kappa shape index (κ1) is 16.9. The van der Waals surface area contributed by atoms with Gasteiger partial charge >= 0.3 is 0 Å². The highest BCUT2D eigenvalue weighted by Crippen LogP contribution is 2.26. The van der Waals surface area contributed by atoms with Gasteiger partial charge in [0, 0.05) is 16.6 Å². The molecule has 0 spiro atoms. The van der Waals surface area contributed by atoms with Crippen LogP contribution in [0.1, 0.15) is 10.5 Å². The molecule has 1 amide bonds. The van der Waals surface area contributed by atoms with Gasteiger partial charge in [-0.25, -0.2) is 9.67 Å². The van der Waals surface area contributed by atoms with Crippen molar-refractivity contribution in [2.24, 2.45) is 0 Å². The van der Waals surface area contributed by atoms with E-state index < -0.39 is 0 Å². The van der Waals surface area contributed by atoms with Crippen molar-refractivity contribution in [3.05, 3.63) is 65.9 Å². The fourth-order valence-corrected chi connectivity index (χ4v) is 3.22. The fraction of sp³-hybridized carbons (Fsp3) is 0.0556. The van der Waals surface area contributed by atoms with Crippen LogP contribution in [-0.4, -0.2) is 38.2 Å².